The molecule has 0 unspecified atom stereocenters. The zero-order valence-corrected chi connectivity index (χ0v) is 18.9. The predicted octanol–water partition coefficient (Wildman–Crippen LogP) is 5.02. The van der Waals surface area contributed by atoms with Gasteiger partial charge in [-0.15, -0.1) is 11.3 Å². The third kappa shape index (κ3) is 4.27. The summed E-state index contributed by atoms with van der Waals surface area (Å²) in [7, 11) is 0. The Balaban J connectivity index is 1.22. The fourth-order valence-electron chi connectivity index (χ4n) is 5.41. The summed E-state index contributed by atoms with van der Waals surface area (Å²) < 4.78 is 0. The molecule has 2 aliphatic heterocycles. The Hall–Kier alpha value is -2.21. The van der Waals surface area contributed by atoms with Crippen LogP contribution in [0.2, 0.25) is 0 Å². The minimum atomic E-state index is 0.0135. The highest BCUT2D eigenvalue weighted by Crippen LogP contribution is 2.34. The fraction of sp³-hybridized carbons (Fsp3) is 0.560. The molecule has 1 saturated carbocycles. The molecular weight excluding hydrogens is 406 g/mol. The molecular formula is C25H31N3O2S. The molecule has 5 nitrogen and oxygen atoms in total. The number of carbonyl (C=O) groups is 2. The lowest BCUT2D eigenvalue weighted by Crippen LogP contribution is -2.41. The Labute approximate surface area is 188 Å². The first-order valence-corrected chi connectivity index (χ1v) is 12.7. The molecule has 2 fully saturated rings. The molecule has 5 rings (SSSR count). The van der Waals surface area contributed by atoms with Crippen molar-refractivity contribution in [3.63, 3.8) is 0 Å². The number of nitrogens with zero attached hydrogens (tertiary/aromatic N) is 3. The van der Waals surface area contributed by atoms with Gasteiger partial charge in [-0.25, -0.2) is 4.98 Å². The number of benzene rings is 1. The average molecular weight is 438 g/mol. The molecule has 0 atom stereocenters. The number of hydrogen-bond donors (Lipinski definition) is 0. The average Bonchev–Trinajstić information content (AvgIpc) is 3.34. The van der Waals surface area contributed by atoms with Crippen LogP contribution in [-0.2, 0) is 11.2 Å². The maximum atomic E-state index is 13.2. The van der Waals surface area contributed by atoms with Crippen molar-refractivity contribution in [2.75, 3.05) is 24.5 Å². The van der Waals surface area contributed by atoms with Gasteiger partial charge in [-0.2, -0.15) is 0 Å². The van der Waals surface area contributed by atoms with Crippen molar-refractivity contribution in [2.24, 2.45) is 5.92 Å². The number of thiazole rings is 1. The highest BCUT2D eigenvalue weighted by atomic mass is 32.1. The number of para-hydroxylation sites is 1. The number of piperidine rings is 1. The lowest BCUT2D eigenvalue weighted by atomic mass is 9.87. The van der Waals surface area contributed by atoms with Crippen LogP contribution in [0.5, 0.6) is 0 Å². The second kappa shape index (κ2) is 9.11. The fourth-order valence-corrected chi connectivity index (χ4v) is 6.38. The third-order valence-electron chi connectivity index (χ3n) is 7.21. The Kier molecular flexibility index (Phi) is 6.08. The summed E-state index contributed by atoms with van der Waals surface area (Å²) >= 11 is 1.61. The molecule has 0 N–H and O–H groups in total. The van der Waals surface area contributed by atoms with E-state index in [0.29, 0.717) is 17.5 Å². The summed E-state index contributed by atoms with van der Waals surface area (Å²) in [4.78, 5) is 34.8. The second-order valence-electron chi connectivity index (χ2n) is 9.19. The number of anilines is 1. The van der Waals surface area contributed by atoms with Gasteiger partial charge in [0.2, 0.25) is 5.91 Å². The normalized spacial score (nSPS) is 20.5. The molecule has 0 radical (unpaired) electrons. The van der Waals surface area contributed by atoms with Crippen molar-refractivity contribution in [3.8, 4) is 0 Å². The maximum absolute atomic E-state index is 13.2. The van der Waals surface area contributed by atoms with Gasteiger partial charge in [-0.05, 0) is 50.2 Å². The van der Waals surface area contributed by atoms with Gasteiger partial charge < -0.3 is 9.80 Å². The zero-order chi connectivity index (χ0) is 21.2. The molecule has 0 bridgehead atoms. The van der Waals surface area contributed by atoms with Gasteiger partial charge in [-0.1, -0.05) is 37.5 Å². The van der Waals surface area contributed by atoms with Gasteiger partial charge >= 0.3 is 0 Å². The summed E-state index contributed by atoms with van der Waals surface area (Å²) in [6.45, 7) is 2.40. The first kappa shape index (κ1) is 20.7. The molecule has 2 aromatic rings. The Bertz CT molecular complexity index is 942. The van der Waals surface area contributed by atoms with Gasteiger partial charge in [0.25, 0.3) is 5.91 Å². The highest BCUT2D eigenvalue weighted by molar-refractivity contribution is 7.10. The number of aromatic nitrogens is 1. The number of carbonyl (C=O) groups excluding carboxylic acids is 2. The van der Waals surface area contributed by atoms with Crippen LogP contribution in [0.3, 0.4) is 0 Å². The van der Waals surface area contributed by atoms with Crippen molar-refractivity contribution in [2.45, 2.75) is 63.7 Å². The summed E-state index contributed by atoms with van der Waals surface area (Å²) in [5.74, 6) is 0.994. The smallest absolute Gasteiger partial charge is 0.277 e. The Morgan fingerprint density at radius 3 is 2.52 bits per heavy atom. The van der Waals surface area contributed by atoms with Crippen LogP contribution in [0.1, 0.15) is 78.3 Å². The van der Waals surface area contributed by atoms with Gasteiger partial charge in [0.15, 0.2) is 0 Å². The van der Waals surface area contributed by atoms with Crippen LogP contribution in [0.15, 0.2) is 29.6 Å². The molecule has 164 valence electrons. The van der Waals surface area contributed by atoms with E-state index in [1.165, 1.54) is 24.8 Å². The number of rotatable bonds is 3. The number of aryl methyl sites for hydroxylation is 1. The lowest BCUT2D eigenvalue weighted by Gasteiger charge is -2.34. The van der Waals surface area contributed by atoms with Gasteiger partial charge in [-0.3, -0.25) is 9.59 Å². The third-order valence-corrected chi connectivity index (χ3v) is 8.21. The molecule has 2 amide bonds. The number of fused-ring (bicyclic) bond motifs is 1. The van der Waals surface area contributed by atoms with E-state index in [0.717, 1.165) is 68.9 Å². The predicted molar refractivity (Wildman–Crippen MR) is 124 cm³/mol. The summed E-state index contributed by atoms with van der Waals surface area (Å²) in [5, 5.41) is 2.98. The minimum Gasteiger partial charge on any atom is -0.342 e. The molecule has 31 heavy (non-hydrogen) atoms. The lowest BCUT2D eigenvalue weighted by molar-refractivity contribution is -0.137. The van der Waals surface area contributed by atoms with Crippen LogP contribution in [0.25, 0.3) is 0 Å². The second-order valence-corrected chi connectivity index (χ2v) is 10.1. The van der Waals surface area contributed by atoms with Gasteiger partial charge in [0.05, 0.1) is 5.01 Å². The molecule has 3 heterocycles. The van der Waals surface area contributed by atoms with Gasteiger partial charge in [0, 0.05) is 42.5 Å². The van der Waals surface area contributed by atoms with Crippen LogP contribution in [0, 0.1) is 5.92 Å². The molecule has 3 aliphatic rings. The van der Waals surface area contributed by atoms with E-state index in [2.05, 4.69) is 11.0 Å². The van der Waals surface area contributed by atoms with E-state index in [-0.39, 0.29) is 11.8 Å². The molecule has 1 aromatic heterocycles. The summed E-state index contributed by atoms with van der Waals surface area (Å²) in [6.07, 6.45) is 9.73. The van der Waals surface area contributed by atoms with Crippen LogP contribution < -0.4 is 4.90 Å². The minimum absolute atomic E-state index is 0.0135. The number of hydrogen-bond acceptors (Lipinski definition) is 4. The number of amides is 2. The Morgan fingerprint density at radius 2 is 1.71 bits per heavy atom. The molecule has 1 saturated heterocycles. The Morgan fingerprint density at radius 1 is 0.935 bits per heavy atom. The van der Waals surface area contributed by atoms with Gasteiger partial charge in [0.1, 0.15) is 5.69 Å². The van der Waals surface area contributed by atoms with Crippen LogP contribution in [-0.4, -0.2) is 41.3 Å². The van der Waals surface area contributed by atoms with E-state index in [9.17, 15) is 9.59 Å². The largest absolute Gasteiger partial charge is 0.342 e. The summed E-state index contributed by atoms with van der Waals surface area (Å²) in [5.41, 5.74) is 2.84. The van der Waals surface area contributed by atoms with Crippen molar-refractivity contribution < 1.29 is 9.59 Å². The molecule has 1 aliphatic carbocycles. The van der Waals surface area contributed by atoms with E-state index in [1.54, 1.807) is 11.3 Å². The van der Waals surface area contributed by atoms with Crippen molar-refractivity contribution in [3.05, 3.63) is 45.9 Å². The standard InChI is InChI=1S/C25H31N3O2S/c29-24(20-8-2-1-3-9-20)27-15-12-19(13-16-27)23-26-21(17-31-23)25(30)28-14-6-10-18-7-4-5-11-22(18)28/h4-5,7,11,17,19-20H,1-3,6,8-10,12-16H2. The topological polar surface area (TPSA) is 53.5 Å². The molecule has 6 heteroatoms. The quantitative estimate of drug-likeness (QED) is 0.677. The van der Waals surface area contributed by atoms with Crippen molar-refractivity contribution in [1.29, 1.82) is 0 Å². The van der Waals surface area contributed by atoms with E-state index < -0.39 is 0 Å². The monoisotopic (exact) mass is 437 g/mol. The van der Waals surface area contributed by atoms with Crippen molar-refractivity contribution >= 4 is 28.8 Å². The zero-order valence-electron chi connectivity index (χ0n) is 18.1. The van der Waals surface area contributed by atoms with Crippen molar-refractivity contribution in [1.82, 2.24) is 9.88 Å². The number of likely N-dealkylation sites (tertiary alicyclic amines) is 1. The highest BCUT2D eigenvalue weighted by Gasteiger charge is 2.31. The van der Waals surface area contributed by atoms with E-state index in [1.807, 2.05) is 28.5 Å². The maximum Gasteiger partial charge on any atom is 0.277 e. The van der Waals surface area contributed by atoms with E-state index in [4.69, 9.17) is 4.98 Å². The first-order valence-electron chi connectivity index (χ1n) is 11.8. The van der Waals surface area contributed by atoms with E-state index >= 15 is 0 Å². The first-order chi connectivity index (χ1) is 15.2. The molecule has 0 spiro atoms. The van der Waals surface area contributed by atoms with Crippen LogP contribution in [0.4, 0.5) is 5.69 Å². The molecule has 1 aromatic carbocycles. The summed E-state index contributed by atoms with van der Waals surface area (Å²) in [6, 6.07) is 8.20. The SMILES string of the molecule is O=C(C1CCCCC1)N1CCC(c2nc(C(=O)N3CCCc4ccccc43)cs2)CC1. The van der Waals surface area contributed by atoms with Crippen LogP contribution >= 0.6 is 11.3 Å².